The number of likely N-dealkylation sites (N-methyl/N-ethyl adjacent to an activating group) is 1. The van der Waals surface area contributed by atoms with E-state index in [0.29, 0.717) is 5.76 Å². The van der Waals surface area contributed by atoms with Crippen molar-refractivity contribution in [2.24, 2.45) is 0 Å². The minimum atomic E-state index is 0.644. The molecule has 0 aromatic heterocycles. The Bertz CT molecular complexity index is 206. The van der Waals surface area contributed by atoms with Crippen LogP contribution in [0.4, 0.5) is 0 Å². The number of ether oxygens (including phenoxy) is 1. The van der Waals surface area contributed by atoms with Crippen molar-refractivity contribution in [3.63, 3.8) is 0 Å². The third kappa shape index (κ3) is 5.12. The van der Waals surface area contributed by atoms with Crippen molar-refractivity contribution in [3.8, 4) is 0 Å². The number of allylic oxidation sites excluding steroid dienone is 2. The average Bonchev–Trinajstić information content (AvgIpc) is 2.13. The van der Waals surface area contributed by atoms with Gasteiger partial charge in [0.05, 0.1) is 7.11 Å². The van der Waals surface area contributed by atoms with Crippen molar-refractivity contribution >= 4 is 0 Å². The number of rotatable bonds is 6. The second-order valence-electron chi connectivity index (χ2n) is 2.92. The van der Waals surface area contributed by atoms with E-state index in [1.807, 2.05) is 19.2 Å². The van der Waals surface area contributed by atoms with Gasteiger partial charge >= 0.3 is 0 Å². The van der Waals surface area contributed by atoms with Gasteiger partial charge in [0.2, 0.25) is 0 Å². The van der Waals surface area contributed by atoms with Gasteiger partial charge < -0.3 is 9.64 Å². The molecule has 0 unspecified atom stereocenters. The van der Waals surface area contributed by atoms with Crippen LogP contribution in [0, 0.1) is 0 Å². The summed E-state index contributed by atoms with van der Waals surface area (Å²) in [6, 6.07) is 0. The van der Waals surface area contributed by atoms with Gasteiger partial charge in [0.15, 0.2) is 0 Å². The van der Waals surface area contributed by atoms with E-state index < -0.39 is 0 Å². The molecule has 0 aromatic rings. The molecule has 0 aliphatic rings. The highest BCUT2D eigenvalue weighted by Crippen LogP contribution is 2.03. The fourth-order valence-electron chi connectivity index (χ4n) is 0.863. The monoisotopic (exact) mass is 181 g/mol. The lowest BCUT2D eigenvalue weighted by Crippen LogP contribution is -2.16. The normalized spacial score (nSPS) is 10.1. The van der Waals surface area contributed by atoms with E-state index in [1.165, 1.54) is 0 Å². The van der Waals surface area contributed by atoms with Crippen LogP contribution in [0.2, 0.25) is 0 Å². The van der Waals surface area contributed by atoms with Crippen LogP contribution in [0.3, 0.4) is 0 Å². The van der Waals surface area contributed by atoms with Gasteiger partial charge in [0, 0.05) is 19.3 Å². The molecule has 13 heavy (non-hydrogen) atoms. The van der Waals surface area contributed by atoms with Gasteiger partial charge in [-0.2, -0.15) is 0 Å². The topological polar surface area (TPSA) is 12.5 Å². The van der Waals surface area contributed by atoms with Crippen LogP contribution in [-0.4, -0.2) is 25.6 Å². The highest BCUT2D eigenvalue weighted by atomic mass is 16.5. The summed E-state index contributed by atoms with van der Waals surface area (Å²) in [5, 5.41) is 0. The molecule has 0 spiro atoms. The van der Waals surface area contributed by atoms with Gasteiger partial charge in [-0.15, -0.1) is 0 Å². The molecule has 0 N–H and O–H groups in total. The molecule has 0 saturated carbocycles. The van der Waals surface area contributed by atoms with Gasteiger partial charge in [-0.3, -0.25) is 0 Å². The highest BCUT2D eigenvalue weighted by Gasteiger charge is 1.95. The van der Waals surface area contributed by atoms with Crippen molar-refractivity contribution in [2.75, 3.05) is 20.7 Å². The largest absolute Gasteiger partial charge is 0.497 e. The zero-order chi connectivity index (χ0) is 10.3. The first kappa shape index (κ1) is 11.8. The minimum absolute atomic E-state index is 0.644. The van der Waals surface area contributed by atoms with E-state index in [4.69, 9.17) is 4.74 Å². The Labute approximate surface area is 81.2 Å². The molecule has 0 amide bonds. The second-order valence-corrected chi connectivity index (χ2v) is 2.92. The SMILES string of the molecule is C=C(/C=C\C(=C)N(C)CCC)OC. The summed E-state index contributed by atoms with van der Waals surface area (Å²) in [6.07, 6.45) is 4.84. The van der Waals surface area contributed by atoms with E-state index in [1.54, 1.807) is 7.11 Å². The predicted octanol–water partition coefficient (Wildman–Crippen LogP) is 2.56. The number of hydrogen-bond acceptors (Lipinski definition) is 2. The van der Waals surface area contributed by atoms with Gasteiger partial charge in [-0.1, -0.05) is 20.1 Å². The zero-order valence-electron chi connectivity index (χ0n) is 8.84. The molecule has 0 aliphatic carbocycles. The van der Waals surface area contributed by atoms with E-state index in [2.05, 4.69) is 25.0 Å². The Morgan fingerprint density at radius 1 is 1.38 bits per heavy atom. The van der Waals surface area contributed by atoms with E-state index >= 15 is 0 Å². The first-order chi connectivity index (χ1) is 6.11. The highest BCUT2D eigenvalue weighted by molar-refractivity contribution is 5.20. The lowest BCUT2D eigenvalue weighted by atomic mass is 10.3. The Kier molecular flexibility index (Phi) is 5.77. The Morgan fingerprint density at radius 3 is 2.46 bits per heavy atom. The maximum Gasteiger partial charge on any atom is 0.111 e. The quantitative estimate of drug-likeness (QED) is 0.461. The molecule has 0 heterocycles. The fourth-order valence-corrected chi connectivity index (χ4v) is 0.863. The van der Waals surface area contributed by atoms with Crippen LogP contribution in [0.25, 0.3) is 0 Å². The summed E-state index contributed by atoms with van der Waals surface area (Å²) in [4.78, 5) is 2.10. The van der Waals surface area contributed by atoms with Crippen LogP contribution in [0.15, 0.2) is 36.8 Å². The maximum absolute atomic E-state index is 4.90. The predicted molar refractivity (Wildman–Crippen MR) is 57.4 cm³/mol. The summed E-state index contributed by atoms with van der Waals surface area (Å²) in [6.45, 7) is 10.8. The van der Waals surface area contributed by atoms with Crippen molar-refractivity contribution in [1.82, 2.24) is 4.90 Å². The smallest absolute Gasteiger partial charge is 0.111 e. The molecular formula is C11H19NO. The van der Waals surface area contributed by atoms with Crippen molar-refractivity contribution < 1.29 is 4.74 Å². The van der Waals surface area contributed by atoms with Crippen LogP contribution < -0.4 is 0 Å². The van der Waals surface area contributed by atoms with Crippen LogP contribution >= 0.6 is 0 Å². The second kappa shape index (κ2) is 6.35. The minimum Gasteiger partial charge on any atom is -0.497 e. The van der Waals surface area contributed by atoms with Crippen LogP contribution in [0.5, 0.6) is 0 Å². The Morgan fingerprint density at radius 2 is 2.00 bits per heavy atom. The molecule has 0 rings (SSSR count). The lowest BCUT2D eigenvalue weighted by Gasteiger charge is -2.17. The molecule has 74 valence electrons. The van der Waals surface area contributed by atoms with Crippen molar-refractivity contribution in [2.45, 2.75) is 13.3 Å². The average molecular weight is 181 g/mol. The summed E-state index contributed by atoms with van der Waals surface area (Å²) >= 11 is 0. The number of nitrogens with zero attached hydrogens (tertiary/aromatic N) is 1. The van der Waals surface area contributed by atoms with Crippen molar-refractivity contribution in [3.05, 3.63) is 36.8 Å². The first-order valence-electron chi connectivity index (χ1n) is 4.42. The summed E-state index contributed by atoms with van der Waals surface area (Å²) in [5.41, 5.74) is 0.972. The lowest BCUT2D eigenvalue weighted by molar-refractivity contribution is 0.308. The van der Waals surface area contributed by atoms with E-state index in [0.717, 1.165) is 18.7 Å². The summed E-state index contributed by atoms with van der Waals surface area (Å²) < 4.78 is 4.90. The molecule has 0 saturated heterocycles. The first-order valence-corrected chi connectivity index (χ1v) is 4.42. The number of hydrogen-bond donors (Lipinski definition) is 0. The van der Waals surface area contributed by atoms with Gasteiger partial charge in [0.25, 0.3) is 0 Å². The van der Waals surface area contributed by atoms with Gasteiger partial charge in [-0.25, -0.2) is 0 Å². The van der Waals surface area contributed by atoms with Gasteiger partial charge in [-0.05, 0) is 18.6 Å². The number of methoxy groups -OCH3 is 1. The molecule has 0 aliphatic heterocycles. The molecule has 2 nitrogen and oxygen atoms in total. The summed E-state index contributed by atoms with van der Waals surface area (Å²) in [5.74, 6) is 0.644. The Hall–Kier alpha value is -1.18. The molecule has 2 heteroatoms. The molecule has 0 bridgehead atoms. The molecule has 0 atom stereocenters. The maximum atomic E-state index is 4.90. The Balaban J connectivity index is 3.98. The molecule has 0 radical (unpaired) electrons. The fraction of sp³-hybridized carbons (Fsp3) is 0.455. The molecule has 0 aromatic carbocycles. The van der Waals surface area contributed by atoms with Gasteiger partial charge in [0.1, 0.15) is 5.76 Å². The third-order valence-corrected chi connectivity index (χ3v) is 1.77. The van der Waals surface area contributed by atoms with E-state index in [-0.39, 0.29) is 0 Å². The molecule has 0 fully saturated rings. The van der Waals surface area contributed by atoms with Crippen LogP contribution in [0.1, 0.15) is 13.3 Å². The third-order valence-electron chi connectivity index (χ3n) is 1.77. The standard InChI is InChI=1S/C11H19NO/c1-6-9-12(4)10(2)7-8-11(3)13-5/h7-8H,2-3,6,9H2,1,4-5H3/b8-7-. The van der Waals surface area contributed by atoms with Crippen LogP contribution in [-0.2, 0) is 4.74 Å². The van der Waals surface area contributed by atoms with E-state index in [9.17, 15) is 0 Å². The van der Waals surface area contributed by atoms with Crippen molar-refractivity contribution in [1.29, 1.82) is 0 Å². The summed E-state index contributed by atoms with van der Waals surface area (Å²) in [7, 11) is 3.62. The molecular weight excluding hydrogens is 162 g/mol. The zero-order valence-corrected chi connectivity index (χ0v) is 8.84.